The summed E-state index contributed by atoms with van der Waals surface area (Å²) in [6.07, 6.45) is 58.0. The molecule has 1 unspecified atom stereocenters. The number of ether oxygens (including phenoxy) is 2. The smallest absolute Gasteiger partial charge is 0.306 e. The first kappa shape index (κ1) is 53.1. The van der Waals surface area contributed by atoms with Gasteiger partial charge in [-0.2, -0.15) is 0 Å². The molecular formula is C50H92O5. The zero-order chi connectivity index (χ0) is 40.0. The third kappa shape index (κ3) is 44.7. The number of allylic oxidation sites excluding steroid dienone is 6. The van der Waals surface area contributed by atoms with Crippen LogP contribution in [-0.4, -0.2) is 36.4 Å². The normalized spacial score (nSPS) is 12.4. The summed E-state index contributed by atoms with van der Waals surface area (Å²) in [5.41, 5.74) is 0. The molecule has 0 saturated carbocycles. The molecule has 5 heteroatoms. The average molecular weight is 773 g/mol. The topological polar surface area (TPSA) is 72.8 Å². The second-order valence-electron chi connectivity index (χ2n) is 16.2. The van der Waals surface area contributed by atoms with E-state index in [4.69, 9.17) is 9.47 Å². The third-order valence-electron chi connectivity index (χ3n) is 10.7. The van der Waals surface area contributed by atoms with Crippen LogP contribution in [0.4, 0.5) is 0 Å². The van der Waals surface area contributed by atoms with Gasteiger partial charge in [0.05, 0.1) is 6.61 Å². The van der Waals surface area contributed by atoms with Crippen LogP contribution in [0.3, 0.4) is 0 Å². The second-order valence-corrected chi connectivity index (χ2v) is 16.2. The lowest BCUT2D eigenvalue weighted by Crippen LogP contribution is -2.28. The zero-order valence-electron chi connectivity index (χ0n) is 36.7. The van der Waals surface area contributed by atoms with Gasteiger partial charge in [-0.05, 0) is 51.4 Å². The fraction of sp³-hybridized carbons (Fsp3) is 0.840. The maximum Gasteiger partial charge on any atom is 0.306 e. The molecule has 1 N–H and O–H groups in total. The Morgan fingerprint density at radius 1 is 0.418 bits per heavy atom. The van der Waals surface area contributed by atoms with Gasteiger partial charge in [0.1, 0.15) is 6.61 Å². The Balaban J connectivity index is 3.50. The van der Waals surface area contributed by atoms with Crippen molar-refractivity contribution in [3.05, 3.63) is 36.5 Å². The Bertz CT molecular complexity index is 877. The van der Waals surface area contributed by atoms with Crippen molar-refractivity contribution in [2.24, 2.45) is 0 Å². The molecule has 0 saturated heterocycles. The standard InChI is InChI=1S/C50H92O5/c1-3-5-7-9-11-13-15-17-19-21-23-24-25-27-28-30-32-34-36-38-40-42-44-49(52)54-47-48(46-51)55-50(53)45-43-41-39-37-35-33-31-29-26-22-20-18-16-14-12-10-8-6-4-2/h12,14,18,20,26,29,48,51H,3-11,13,15-17,19,21-25,27-28,30-47H2,1-2H3/b14-12-,20-18-,29-26-. The second kappa shape index (κ2) is 46.5. The minimum atomic E-state index is -0.776. The Kier molecular flexibility index (Phi) is 44.9. The largest absolute Gasteiger partial charge is 0.462 e. The van der Waals surface area contributed by atoms with Crippen molar-refractivity contribution in [3.63, 3.8) is 0 Å². The van der Waals surface area contributed by atoms with E-state index < -0.39 is 6.10 Å². The van der Waals surface area contributed by atoms with Crippen LogP contribution in [0.25, 0.3) is 0 Å². The van der Waals surface area contributed by atoms with Crippen LogP contribution in [-0.2, 0) is 19.1 Å². The maximum atomic E-state index is 12.2. The Labute approximate surface area is 342 Å². The number of hydrogen-bond donors (Lipinski definition) is 1. The van der Waals surface area contributed by atoms with Gasteiger partial charge in [-0.1, -0.05) is 224 Å². The van der Waals surface area contributed by atoms with Gasteiger partial charge in [0, 0.05) is 12.8 Å². The molecule has 0 aliphatic carbocycles. The van der Waals surface area contributed by atoms with Crippen molar-refractivity contribution < 1.29 is 24.2 Å². The van der Waals surface area contributed by atoms with Crippen LogP contribution in [0.15, 0.2) is 36.5 Å². The maximum absolute atomic E-state index is 12.2. The fourth-order valence-electron chi connectivity index (χ4n) is 7.03. The van der Waals surface area contributed by atoms with E-state index in [9.17, 15) is 14.7 Å². The lowest BCUT2D eigenvalue weighted by Gasteiger charge is -2.15. The van der Waals surface area contributed by atoms with Crippen LogP contribution >= 0.6 is 0 Å². The van der Waals surface area contributed by atoms with Crippen molar-refractivity contribution in [3.8, 4) is 0 Å². The number of unbranched alkanes of at least 4 members (excludes halogenated alkanes) is 30. The van der Waals surface area contributed by atoms with Crippen molar-refractivity contribution >= 4 is 11.9 Å². The van der Waals surface area contributed by atoms with E-state index in [1.165, 1.54) is 167 Å². The van der Waals surface area contributed by atoms with Crippen LogP contribution < -0.4 is 0 Å². The number of hydrogen-bond acceptors (Lipinski definition) is 5. The zero-order valence-corrected chi connectivity index (χ0v) is 36.7. The van der Waals surface area contributed by atoms with E-state index in [-0.39, 0.29) is 25.2 Å². The molecule has 0 spiro atoms. The molecule has 0 heterocycles. The lowest BCUT2D eigenvalue weighted by atomic mass is 10.0. The van der Waals surface area contributed by atoms with Gasteiger partial charge < -0.3 is 14.6 Å². The lowest BCUT2D eigenvalue weighted by molar-refractivity contribution is -0.161. The first-order valence-corrected chi connectivity index (χ1v) is 24.0. The predicted octanol–water partition coefficient (Wildman–Crippen LogP) is 15.6. The number of aliphatic hydroxyl groups is 1. The van der Waals surface area contributed by atoms with Crippen LogP contribution in [0.1, 0.15) is 251 Å². The summed E-state index contributed by atoms with van der Waals surface area (Å²) in [5.74, 6) is -0.594. The molecule has 0 rings (SSSR count). The molecule has 0 amide bonds. The molecule has 0 aromatic heterocycles. The predicted molar refractivity (Wildman–Crippen MR) is 238 cm³/mol. The summed E-state index contributed by atoms with van der Waals surface area (Å²) in [6.45, 7) is 4.13. The highest BCUT2D eigenvalue weighted by molar-refractivity contribution is 5.70. The molecule has 5 nitrogen and oxygen atoms in total. The molecule has 0 radical (unpaired) electrons. The molecule has 0 aliphatic heterocycles. The van der Waals surface area contributed by atoms with Gasteiger partial charge in [0.15, 0.2) is 6.10 Å². The van der Waals surface area contributed by atoms with Crippen LogP contribution in [0.2, 0.25) is 0 Å². The van der Waals surface area contributed by atoms with Gasteiger partial charge in [-0.15, -0.1) is 0 Å². The highest BCUT2D eigenvalue weighted by Gasteiger charge is 2.16. The summed E-state index contributed by atoms with van der Waals surface area (Å²) in [6, 6.07) is 0. The molecule has 0 aliphatic rings. The number of carbonyl (C=O) groups excluding carboxylic acids is 2. The summed E-state index contributed by atoms with van der Waals surface area (Å²) in [7, 11) is 0. The van der Waals surface area contributed by atoms with Crippen LogP contribution in [0, 0.1) is 0 Å². The van der Waals surface area contributed by atoms with Gasteiger partial charge in [-0.25, -0.2) is 0 Å². The molecule has 0 aromatic carbocycles. The summed E-state index contributed by atoms with van der Waals surface area (Å²) in [4.78, 5) is 24.4. The average Bonchev–Trinajstić information content (AvgIpc) is 3.19. The monoisotopic (exact) mass is 773 g/mol. The fourth-order valence-corrected chi connectivity index (χ4v) is 7.03. The molecule has 55 heavy (non-hydrogen) atoms. The first-order valence-electron chi connectivity index (χ1n) is 24.0. The van der Waals surface area contributed by atoms with E-state index in [2.05, 4.69) is 50.3 Å². The highest BCUT2D eigenvalue weighted by Crippen LogP contribution is 2.16. The molecule has 0 bridgehead atoms. The number of carbonyl (C=O) groups is 2. The molecule has 322 valence electrons. The number of aliphatic hydroxyl groups excluding tert-OH is 1. The summed E-state index contributed by atoms with van der Waals surface area (Å²) >= 11 is 0. The first-order chi connectivity index (χ1) is 27.1. The molecule has 0 aromatic rings. The van der Waals surface area contributed by atoms with Gasteiger partial charge in [-0.3, -0.25) is 9.59 Å². The summed E-state index contributed by atoms with van der Waals surface area (Å²) in [5, 5.41) is 9.60. The highest BCUT2D eigenvalue weighted by atomic mass is 16.6. The van der Waals surface area contributed by atoms with Crippen molar-refractivity contribution in [2.45, 2.75) is 258 Å². The van der Waals surface area contributed by atoms with E-state index in [1.807, 2.05) is 0 Å². The van der Waals surface area contributed by atoms with Crippen molar-refractivity contribution in [2.75, 3.05) is 13.2 Å². The molecular weight excluding hydrogens is 681 g/mol. The van der Waals surface area contributed by atoms with Gasteiger partial charge >= 0.3 is 11.9 Å². The Morgan fingerprint density at radius 2 is 0.727 bits per heavy atom. The number of rotatable bonds is 44. The Morgan fingerprint density at radius 3 is 1.13 bits per heavy atom. The van der Waals surface area contributed by atoms with E-state index in [0.29, 0.717) is 12.8 Å². The van der Waals surface area contributed by atoms with Gasteiger partial charge in [0.2, 0.25) is 0 Å². The SMILES string of the molecule is CCCCC/C=C\C/C=C\C/C=C\CCCCCCCCC(=O)OC(CO)COC(=O)CCCCCCCCCCCCCCCCCCCCCCCC. The quantitative estimate of drug-likeness (QED) is 0.0379. The van der Waals surface area contributed by atoms with Crippen LogP contribution in [0.5, 0.6) is 0 Å². The number of esters is 2. The third-order valence-corrected chi connectivity index (χ3v) is 10.7. The minimum absolute atomic E-state index is 0.0678. The van der Waals surface area contributed by atoms with Gasteiger partial charge in [0.25, 0.3) is 0 Å². The van der Waals surface area contributed by atoms with E-state index >= 15 is 0 Å². The molecule has 0 fully saturated rings. The van der Waals surface area contributed by atoms with E-state index in [0.717, 1.165) is 57.8 Å². The minimum Gasteiger partial charge on any atom is -0.462 e. The van der Waals surface area contributed by atoms with Crippen molar-refractivity contribution in [1.82, 2.24) is 0 Å². The van der Waals surface area contributed by atoms with E-state index in [1.54, 1.807) is 0 Å². The Hall–Kier alpha value is -1.88. The summed E-state index contributed by atoms with van der Waals surface area (Å²) < 4.78 is 10.7. The molecule has 1 atom stereocenters. The van der Waals surface area contributed by atoms with Crippen molar-refractivity contribution in [1.29, 1.82) is 0 Å².